The van der Waals surface area contributed by atoms with E-state index >= 15 is 0 Å². The molecule has 2 rings (SSSR count). The molecule has 7 heteroatoms. The Morgan fingerprint density at radius 3 is 3.05 bits per heavy atom. The lowest BCUT2D eigenvalue weighted by Crippen LogP contribution is -2.05. The first-order valence-electron chi connectivity index (χ1n) is 6.45. The lowest BCUT2D eigenvalue weighted by Gasteiger charge is -2.08. The van der Waals surface area contributed by atoms with E-state index in [4.69, 9.17) is 10.5 Å². The number of aromatic nitrogens is 1. The molecule has 0 spiro atoms. The molecule has 0 bridgehead atoms. The maximum atomic E-state index is 11.0. The summed E-state index contributed by atoms with van der Waals surface area (Å²) in [7, 11) is 0. The van der Waals surface area contributed by atoms with E-state index in [0.717, 1.165) is 22.0 Å². The van der Waals surface area contributed by atoms with Crippen molar-refractivity contribution in [2.75, 3.05) is 17.7 Å². The second-order valence-electron chi connectivity index (χ2n) is 4.25. The minimum atomic E-state index is -0.114. The lowest BCUT2D eigenvalue weighted by atomic mass is 10.3. The summed E-state index contributed by atoms with van der Waals surface area (Å²) in [5.41, 5.74) is 7.60. The van der Waals surface area contributed by atoms with Crippen molar-refractivity contribution in [2.24, 2.45) is 0 Å². The van der Waals surface area contributed by atoms with Crippen LogP contribution in [0.2, 0.25) is 0 Å². The van der Waals surface area contributed by atoms with Crippen LogP contribution in [0.1, 0.15) is 19.5 Å². The van der Waals surface area contributed by atoms with Crippen molar-refractivity contribution < 1.29 is 9.53 Å². The van der Waals surface area contributed by atoms with Gasteiger partial charge in [-0.3, -0.25) is 4.79 Å². The molecular formula is C14H17N3O2S2. The molecule has 1 aromatic heterocycles. The minimum Gasteiger partial charge on any atom is -0.494 e. The summed E-state index contributed by atoms with van der Waals surface area (Å²) in [6, 6.07) is 5.64. The zero-order valence-corrected chi connectivity index (χ0v) is 13.5. The Morgan fingerprint density at radius 1 is 1.52 bits per heavy atom. The monoisotopic (exact) mass is 323 g/mol. The molecule has 0 unspecified atom stereocenters. The number of hydrogen-bond acceptors (Lipinski definition) is 6. The molecule has 3 N–H and O–H groups in total. The van der Waals surface area contributed by atoms with Crippen LogP contribution in [0, 0.1) is 0 Å². The fraction of sp³-hybridized carbons (Fsp3) is 0.286. The van der Waals surface area contributed by atoms with Crippen molar-refractivity contribution in [1.29, 1.82) is 0 Å². The number of carbonyl (C=O) groups excluding carboxylic acids is 1. The van der Waals surface area contributed by atoms with Gasteiger partial charge in [-0.05, 0) is 25.1 Å². The van der Waals surface area contributed by atoms with Gasteiger partial charge in [0.25, 0.3) is 0 Å². The number of rotatable bonds is 6. The number of anilines is 2. The largest absolute Gasteiger partial charge is 0.494 e. The standard InChI is InChI=1S/C14H17N3O2S2/c1-3-19-11-4-5-12(15)13(6-11)20-7-10-8-21-14(17-10)16-9(2)18/h4-6,8H,3,7,15H2,1-2H3,(H,16,17,18). The van der Waals surface area contributed by atoms with Gasteiger partial charge in [-0.25, -0.2) is 4.98 Å². The Bertz CT molecular complexity index is 628. The zero-order valence-electron chi connectivity index (χ0n) is 11.9. The van der Waals surface area contributed by atoms with Crippen molar-refractivity contribution in [3.63, 3.8) is 0 Å². The second kappa shape index (κ2) is 7.33. The minimum absolute atomic E-state index is 0.114. The van der Waals surface area contributed by atoms with Crippen LogP contribution in [0.15, 0.2) is 28.5 Å². The number of thiazole rings is 1. The molecule has 0 radical (unpaired) electrons. The summed E-state index contributed by atoms with van der Waals surface area (Å²) < 4.78 is 5.47. The average Bonchev–Trinajstić information content (AvgIpc) is 2.86. The van der Waals surface area contributed by atoms with E-state index in [1.165, 1.54) is 18.3 Å². The Labute approximate surface area is 131 Å². The molecule has 0 aliphatic rings. The third-order valence-corrected chi connectivity index (χ3v) is 4.42. The number of benzene rings is 1. The van der Waals surface area contributed by atoms with Gasteiger partial charge in [0.1, 0.15) is 5.75 Å². The highest BCUT2D eigenvalue weighted by atomic mass is 32.2. The van der Waals surface area contributed by atoms with Gasteiger partial charge < -0.3 is 15.8 Å². The van der Waals surface area contributed by atoms with Crippen molar-refractivity contribution in [3.05, 3.63) is 29.3 Å². The summed E-state index contributed by atoms with van der Waals surface area (Å²) in [6.45, 7) is 4.04. The first-order chi connectivity index (χ1) is 10.1. The molecule has 1 amide bonds. The van der Waals surface area contributed by atoms with Gasteiger partial charge in [-0.15, -0.1) is 23.1 Å². The molecule has 0 aliphatic carbocycles. The smallest absolute Gasteiger partial charge is 0.223 e. The number of thioether (sulfide) groups is 1. The maximum absolute atomic E-state index is 11.0. The average molecular weight is 323 g/mol. The van der Waals surface area contributed by atoms with Gasteiger partial charge in [0.2, 0.25) is 5.91 Å². The number of hydrogen-bond donors (Lipinski definition) is 2. The highest BCUT2D eigenvalue weighted by molar-refractivity contribution is 7.98. The van der Waals surface area contributed by atoms with Crippen LogP contribution >= 0.6 is 23.1 Å². The van der Waals surface area contributed by atoms with Crippen LogP contribution in [-0.4, -0.2) is 17.5 Å². The van der Waals surface area contributed by atoms with Crippen LogP contribution in [0.3, 0.4) is 0 Å². The van der Waals surface area contributed by atoms with Gasteiger partial charge in [0, 0.05) is 28.6 Å². The summed E-state index contributed by atoms with van der Waals surface area (Å²) in [4.78, 5) is 16.3. The number of nitrogens with zero attached hydrogens (tertiary/aromatic N) is 1. The van der Waals surface area contributed by atoms with E-state index in [9.17, 15) is 4.79 Å². The van der Waals surface area contributed by atoms with Crippen LogP contribution in [0.4, 0.5) is 10.8 Å². The topological polar surface area (TPSA) is 77.2 Å². The molecule has 0 aliphatic heterocycles. The molecule has 21 heavy (non-hydrogen) atoms. The van der Waals surface area contributed by atoms with Gasteiger partial charge in [-0.2, -0.15) is 0 Å². The van der Waals surface area contributed by atoms with Gasteiger partial charge in [0.05, 0.1) is 12.3 Å². The number of nitrogens with two attached hydrogens (primary N) is 1. The quantitative estimate of drug-likeness (QED) is 0.629. The van der Waals surface area contributed by atoms with Crippen molar-refractivity contribution in [1.82, 2.24) is 4.98 Å². The third kappa shape index (κ3) is 4.64. The molecule has 0 saturated carbocycles. The molecule has 0 atom stereocenters. The van der Waals surface area contributed by atoms with E-state index in [1.807, 2.05) is 30.5 Å². The molecule has 1 heterocycles. The SMILES string of the molecule is CCOc1ccc(N)c(SCc2csc(NC(C)=O)n2)c1. The van der Waals surface area contributed by atoms with Gasteiger partial charge in [0.15, 0.2) is 5.13 Å². The maximum Gasteiger partial charge on any atom is 0.223 e. The molecule has 2 aromatic rings. The molecule has 1 aromatic carbocycles. The van der Waals surface area contributed by atoms with E-state index in [1.54, 1.807) is 11.8 Å². The second-order valence-corrected chi connectivity index (χ2v) is 6.12. The van der Waals surface area contributed by atoms with Crippen LogP contribution < -0.4 is 15.8 Å². The number of nitrogen functional groups attached to an aromatic ring is 1. The number of carbonyl (C=O) groups is 1. The predicted molar refractivity (Wildman–Crippen MR) is 88.0 cm³/mol. The van der Waals surface area contributed by atoms with Gasteiger partial charge >= 0.3 is 0 Å². The van der Waals surface area contributed by atoms with Crippen molar-refractivity contribution >= 4 is 39.8 Å². The number of nitrogens with one attached hydrogen (secondary N) is 1. The highest BCUT2D eigenvalue weighted by Gasteiger charge is 2.07. The van der Waals surface area contributed by atoms with Crippen LogP contribution in [-0.2, 0) is 10.5 Å². The zero-order chi connectivity index (χ0) is 15.2. The highest BCUT2D eigenvalue weighted by Crippen LogP contribution is 2.32. The number of ether oxygens (including phenoxy) is 1. The summed E-state index contributed by atoms with van der Waals surface area (Å²) >= 11 is 3.02. The van der Waals surface area contributed by atoms with E-state index in [2.05, 4.69) is 10.3 Å². The Kier molecular flexibility index (Phi) is 5.46. The summed E-state index contributed by atoms with van der Waals surface area (Å²) in [6.07, 6.45) is 0. The first kappa shape index (κ1) is 15.7. The molecule has 112 valence electrons. The van der Waals surface area contributed by atoms with E-state index in [0.29, 0.717) is 17.5 Å². The van der Waals surface area contributed by atoms with Crippen LogP contribution in [0.25, 0.3) is 0 Å². The number of amides is 1. The first-order valence-corrected chi connectivity index (χ1v) is 8.32. The predicted octanol–water partition coefficient (Wildman–Crippen LogP) is 3.37. The summed E-state index contributed by atoms with van der Waals surface area (Å²) in [5.74, 6) is 1.39. The van der Waals surface area contributed by atoms with Crippen molar-refractivity contribution in [2.45, 2.75) is 24.5 Å². The molecule has 5 nitrogen and oxygen atoms in total. The Hall–Kier alpha value is -1.73. The normalized spacial score (nSPS) is 10.4. The third-order valence-electron chi connectivity index (χ3n) is 2.51. The lowest BCUT2D eigenvalue weighted by molar-refractivity contribution is -0.114. The fourth-order valence-corrected chi connectivity index (χ4v) is 3.38. The van der Waals surface area contributed by atoms with Crippen molar-refractivity contribution in [3.8, 4) is 5.75 Å². The molecule has 0 fully saturated rings. The summed E-state index contributed by atoms with van der Waals surface area (Å²) in [5, 5.41) is 5.23. The Balaban J connectivity index is 2.00. The van der Waals surface area contributed by atoms with Crippen LogP contribution in [0.5, 0.6) is 5.75 Å². The van der Waals surface area contributed by atoms with Gasteiger partial charge in [-0.1, -0.05) is 0 Å². The van der Waals surface area contributed by atoms with E-state index in [-0.39, 0.29) is 5.91 Å². The molecule has 0 saturated heterocycles. The Morgan fingerprint density at radius 2 is 2.33 bits per heavy atom. The molecular weight excluding hydrogens is 306 g/mol. The van der Waals surface area contributed by atoms with E-state index < -0.39 is 0 Å². The fourth-order valence-electron chi connectivity index (χ4n) is 1.63.